The Balaban J connectivity index is 3.11. The predicted molar refractivity (Wildman–Crippen MR) is 77.6 cm³/mol. The van der Waals surface area contributed by atoms with Gasteiger partial charge in [0.15, 0.2) is 18.3 Å². The van der Waals surface area contributed by atoms with Gasteiger partial charge in [0.2, 0.25) is 0 Å². The highest BCUT2D eigenvalue weighted by molar-refractivity contribution is 5.68. The second-order valence-electron chi connectivity index (χ2n) is 5.40. The molecular formula is C15H22O9. The highest BCUT2D eigenvalue weighted by atomic mass is 16.7. The molecule has 1 rings (SSSR count). The zero-order chi connectivity index (χ0) is 18.4. The first-order valence-corrected chi connectivity index (χ1v) is 7.42. The van der Waals surface area contributed by atoms with E-state index in [-0.39, 0.29) is 6.61 Å². The molecule has 24 heavy (non-hydrogen) atoms. The van der Waals surface area contributed by atoms with Gasteiger partial charge in [-0.25, -0.2) is 0 Å². The molecule has 0 amide bonds. The molecule has 2 unspecified atom stereocenters. The average Bonchev–Trinajstić information content (AvgIpc) is 2.42. The third-order valence-corrected chi connectivity index (χ3v) is 3.22. The summed E-state index contributed by atoms with van der Waals surface area (Å²) in [4.78, 5) is 45.2. The summed E-state index contributed by atoms with van der Waals surface area (Å²) >= 11 is 0. The lowest BCUT2D eigenvalue weighted by molar-refractivity contribution is -0.249. The van der Waals surface area contributed by atoms with Crippen LogP contribution in [0.5, 0.6) is 0 Å². The van der Waals surface area contributed by atoms with Crippen molar-refractivity contribution in [3.05, 3.63) is 0 Å². The molecule has 0 saturated carbocycles. The third-order valence-electron chi connectivity index (χ3n) is 3.22. The summed E-state index contributed by atoms with van der Waals surface area (Å²) in [6, 6.07) is 0. The van der Waals surface area contributed by atoms with Crippen molar-refractivity contribution < 1.29 is 42.9 Å². The summed E-state index contributed by atoms with van der Waals surface area (Å²) < 4.78 is 26.1. The zero-order valence-corrected chi connectivity index (χ0v) is 14.3. The second-order valence-corrected chi connectivity index (χ2v) is 5.40. The van der Waals surface area contributed by atoms with Gasteiger partial charge < -0.3 is 23.7 Å². The Hall–Kier alpha value is -2.16. The maximum atomic E-state index is 11.4. The summed E-state index contributed by atoms with van der Waals surface area (Å²) in [6.45, 7) is 6.17. The van der Waals surface area contributed by atoms with Crippen molar-refractivity contribution in [2.45, 2.75) is 65.1 Å². The number of ether oxygens (including phenoxy) is 5. The molecule has 1 aliphatic rings. The number of esters is 4. The molecule has 5 atom stereocenters. The predicted octanol–water partition coefficient (Wildman–Crippen LogP) is 0.132. The largest absolute Gasteiger partial charge is 0.463 e. The molecule has 1 aliphatic heterocycles. The van der Waals surface area contributed by atoms with Crippen LogP contribution in [0.1, 0.15) is 34.6 Å². The van der Waals surface area contributed by atoms with E-state index in [2.05, 4.69) is 0 Å². The first kappa shape index (κ1) is 19.9. The lowest BCUT2D eigenvalue weighted by atomic mass is 9.95. The van der Waals surface area contributed by atoms with Crippen molar-refractivity contribution in [1.29, 1.82) is 0 Å². The van der Waals surface area contributed by atoms with Gasteiger partial charge in [-0.05, 0) is 6.92 Å². The minimum atomic E-state index is -1.09. The van der Waals surface area contributed by atoms with Crippen LogP contribution >= 0.6 is 0 Å². The monoisotopic (exact) mass is 346 g/mol. The molecule has 0 N–H and O–H groups in total. The minimum Gasteiger partial charge on any atom is -0.463 e. The molecule has 0 bridgehead atoms. The molecule has 9 heteroatoms. The number of hydrogen-bond acceptors (Lipinski definition) is 9. The lowest BCUT2D eigenvalue weighted by Crippen LogP contribution is -2.61. The van der Waals surface area contributed by atoms with Gasteiger partial charge in [-0.3, -0.25) is 19.2 Å². The van der Waals surface area contributed by atoms with Gasteiger partial charge in [0, 0.05) is 27.7 Å². The van der Waals surface area contributed by atoms with E-state index in [4.69, 9.17) is 23.7 Å². The van der Waals surface area contributed by atoms with Gasteiger partial charge in [0.05, 0.1) is 6.10 Å². The van der Waals surface area contributed by atoms with Gasteiger partial charge in [0.25, 0.3) is 0 Å². The van der Waals surface area contributed by atoms with E-state index in [1.54, 1.807) is 6.92 Å². The first-order valence-electron chi connectivity index (χ1n) is 7.42. The molecule has 9 nitrogen and oxygen atoms in total. The Bertz CT molecular complexity index is 501. The topological polar surface area (TPSA) is 114 Å². The summed E-state index contributed by atoms with van der Waals surface area (Å²) in [7, 11) is 0. The number of carbonyl (C=O) groups is 4. The molecule has 1 saturated heterocycles. The van der Waals surface area contributed by atoms with Crippen LogP contribution in [-0.4, -0.2) is 61.0 Å². The summed E-state index contributed by atoms with van der Waals surface area (Å²) in [5.41, 5.74) is 0. The Morgan fingerprint density at radius 3 is 1.67 bits per heavy atom. The van der Waals surface area contributed by atoms with Crippen LogP contribution in [-0.2, 0) is 42.9 Å². The van der Waals surface area contributed by atoms with E-state index in [0.717, 1.165) is 0 Å². The Labute approximate surface area is 139 Å². The van der Waals surface area contributed by atoms with Crippen molar-refractivity contribution in [3.63, 3.8) is 0 Å². The molecular weight excluding hydrogens is 324 g/mol. The Kier molecular flexibility index (Phi) is 7.15. The van der Waals surface area contributed by atoms with Crippen LogP contribution in [0.2, 0.25) is 0 Å². The summed E-state index contributed by atoms with van der Waals surface area (Å²) in [6.07, 6.45) is -4.69. The maximum Gasteiger partial charge on any atom is 0.303 e. The smallest absolute Gasteiger partial charge is 0.303 e. The number of hydrogen-bond donors (Lipinski definition) is 0. The van der Waals surface area contributed by atoms with Gasteiger partial charge in [-0.15, -0.1) is 0 Å². The van der Waals surface area contributed by atoms with E-state index >= 15 is 0 Å². The Morgan fingerprint density at radius 1 is 0.750 bits per heavy atom. The molecule has 0 aromatic rings. The highest BCUT2D eigenvalue weighted by Crippen LogP contribution is 2.28. The molecule has 136 valence electrons. The molecule has 0 aromatic heterocycles. The van der Waals surface area contributed by atoms with Crippen LogP contribution < -0.4 is 0 Å². The molecule has 1 fully saturated rings. The fourth-order valence-electron chi connectivity index (χ4n) is 2.44. The summed E-state index contributed by atoms with van der Waals surface area (Å²) in [5, 5.41) is 0. The average molecular weight is 346 g/mol. The minimum absolute atomic E-state index is 0.206. The van der Waals surface area contributed by atoms with Crippen molar-refractivity contribution in [1.82, 2.24) is 0 Å². The fourth-order valence-corrected chi connectivity index (χ4v) is 2.44. The van der Waals surface area contributed by atoms with E-state index in [9.17, 15) is 19.2 Å². The van der Waals surface area contributed by atoms with Crippen molar-refractivity contribution in [2.75, 3.05) is 6.61 Å². The number of carbonyl (C=O) groups excluding carboxylic acids is 4. The standard InChI is InChI=1S/C15H22O9/c1-7-13(22-9(3)17)15(24-11(5)19)14(23-10(4)18)12(21-7)6-20-8(2)16/h7,12-15H,6H2,1-5H3/t7?,12-,13?,14-,15-/m1/s1. The molecule has 0 aromatic carbocycles. The van der Waals surface area contributed by atoms with E-state index in [0.29, 0.717) is 0 Å². The first-order chi connectivity index (χ1) is 11.1. The van der Waals surface area contributed by atoms with Crippen molar-refractivity contribution >= 4 is 23.9 Å². The normalized spacial score (nSPS) is 29.3. The van der Waals surface area contributed by atoms with Gasteiger partial charge >= 0.3 is 23.9 Å². The number of rotatable bonds is 5. The van der Waals surface area contributed by atoms with Crippen molar-refractivity contribution in [2.24, 2.45) is 0 Å². The quantitative estimate of drug-likeness (QED) is 0.506. The SMILES string of the molecule is CC(=O)OC[C@H]1OC(C)C(OC(C)=O)[C@@H](OC(C)=O)[C@@H]1OC(C)=O. The fraction of sp³-hybridized carbons (Fsp3) is 0.733. The zero-order valence-electron chi connectivity index (χ0n) is 14.3. The van der Waals surface area contributed by atoms with Crippen LogP contribution in [0.25, 0.3) is 0 Å². The van der Waals surface area contributed by atoms with Gasteiger partial charge in [0.1, 0.15) is 12.7 Å². The van der Waals surface area contributed by atoms with Crippen LogP contribution in [0, 0.1) is 0 Å². The van der Waals surface area contributed by atoms with E-state index in [1.807, 2.05) is 0 Å². The van der Waals surface area contributed by atoms with Crippen molar-refractivity contribution in [3.8, 4) is 0 Å². The molecule has 0 aliphatic carbocycles. The lowest BCUT2D eigenvalue weighted by Gasteiger charge is -2.43. The second kappa shape index (κ2) is 8.62. The molecule has 0 spiro atoms. The summed E-state index contributed by atoms with van der Waals surface area (Å²) in [5.74, 6) is -2.44. The van der Waals surface area contributed by atoms with Crippen LogP contribution in [0.4, 0.5) is 0 Å². The maximum absolute atomic E-state index is 11.4. The third kappa shape index (κ3) is 5.80. The van der Waals surface area contributed by atoms with E-state index < -0.39 is 54.4 Å². The highest BCUT2D eigenvalue weighted by Gasteiger charge is 2.50. The van der Waals surface area contributed by atoms with Gasteiger partial charge in [-0.2, -0.15) is 0 Å². The Morgan fingerprint density at radius 2 is 1.21 bits per heavy atom. The van der Waals surface area contributed by atoms with Crippen LogP contribution in [0.15, 0.2) is 0 Å². The van der Waals surface area contributed by atoms with E-state index in [1.165, 1.54) is 27.7 Å². The van der Waals surface area contributed by atoms with Gasteiger partial charge in [-0.1, -0.05) is 0 Å². The molecule has 0 radical (unpaired) electrons. The van der Waals surface area contributed by atoms with Crippen LogP contribution in [0.3, 0.4) is 0 Å². The molecule has 1 heterocycles.